The third kappa shape index (κ3) is 2.84. The standard InChI is InChI=1S/C16H20N6O/c1-11-5-8-22(14(23)3-6-17)9-13(11)21(2)16-12-4-7-18-15(12)19-10-20-16/h4,7,10-11,13H,3,5,8-9H2,1-2H3,(H,18,19,20)/t11-,13+/m1/s1/i1D3,2D3,3D2. The van der Waals surface area contributed by atoms with Gasteiger partial charge in [-0.2, -0.15) is 5.26 Å². The number of nitrogens with one attached hydrogen (secondary N) is 1. The van der Waals surface area contributed by atoms with Crippen LogP contribution in [0.3, 0.4) is 0 Å². The number of likely N-dealkylation sites (N-methyl/N-ethyl adjacent to an activating group) is 1. The van der Waals surface area contributed by atoms with Gasteiger partial charge >= 0.3 is 0 Å². The maximum Gasteiger partial charge on any atom is 0.236 e. The first kappa shape index (κ1) is 8.29. The molecule has 0 radical (unpaired) electrons. The van der Waals surface area contributed by atoms with Crippen LogP contribution in [-0.4, -0.2) is 51.9 Å². The average molecular weight is 320 g/mol. The Balaban J connectivity index is 2.12. The zero-order chi connectivity index (χ0) is 23.2. The molecule has 1 N–H and O–H groups in total. The van der Waals surface area contributed by atoms with Crippen LogP contribution in [0.1, 0.15) is 30.6 Å². The van der Waals surface area contributed by atoms with Crippen molar-refractivity contribution in [3.63, 3.8) is 0 Å². The van der Waals surface area contributed by atoms with Crippen molar-refractivity contribution in [3.8, 4) is 6.07 Å². The highest BCUT2D eigenvalue weighted by Crippen LogP contribution is 2.28. The Morgan fingerprint density at radius 2 is 2.61 bits per heavy atom. The van der Waals surface area contributed by atoms with Crippen LogP contribution in [0.2, 0.25) is 0 Å². The highest BCUT2D eigenvalue weighted by atomic mass is 16.2. The van der Waals surface area contributed by atoms with Gasteiger partial charge in [0, 0.05) is 34.5 Å². The number of nitriles is 1. The van der Waals surface area contributed by atoms with Crippen molar-refractivity contribution >= 4 is 22.8 Å². The molecule has 2 aromatic heterocycles. The SMILES string of the molecule is [2H]C([2H])(C#N)C(=O)N1CC[C@@H](C([2H])([2H])[2H])[C@@H](N(c2ncnc3[nH]ccc23)C([2H])([2H])[2H])C1. The Kier molecular flexibility index (Phi) is 2.25. The molecule has 7 nitrogen and oxygen atoms in total. The second-order valence-electron chi connectivity index (χ2n) is 5.26. The van der Waals surface area contributed by atoms with Crippen molar-refractivity contribution in [1.82, 2.24) is 19.9 Å². The molecule has 1 fully saturated rings. The number of piperidine rings is 1. The highest BCUT2D eigenvalue weighted by Gasteiger charge is 2.32. The number of carbonyl (C=O) groups excluding carboxylic acids is 1. The van der Waals surface area contributed by atoms with Crippen LogP contribution in [0.25, 0.3) is 11.0 Å². The van der Waals surface area contributed by atoms with Gasteiger partial charge in [0.25, 0.3) is 0 Å². The number of hydrogen-bond donors (Lipinski definition) is 1. The molecule has 3 heterocycles. The van der Waals surface area contributed by atoms with Gasteiger partial charge in [0.2, 0.25) is 5.91 Å². The molecule has 0 aromatic carbocycles. The molecular weight excluding hydrogens is 292 g/mol. The Labute approximate surface area is 146 Å². The minimum Gasteiger partial charge on any atom is -0.354 e. The fraction of sp³-hybridized carbons (Fsp3) is 0.500. The molecule has 3 rings (SSSR count). The van der Waals surface area contributed by atoms with Crippen molar-refractivity contribution in [2.75, 3.05) is 25.0 Å². The molecule has 2 aromatic rings. The molecule has 120 valence electrons. The van der Waals surface area contributed by atoms with Gasteiger partial charge in [0.1, 0.15) is 24.2 Å². The summed E-state index contributed by atoms with van der Waals surface area (Å²) >= 11 is 0. The van der Waals surface area contributed by atoms with E-state index in [1.54, 1.807) is 12.3 Å². The summed E-state index contributed by atoms with van der Waals surface area (Å²) in [5.41, 5.74) is 0.356. The van der Waals surface area contributed by atoms with E-state index in [1.165, 1.54) is 6.07 Å². The molecular formula is C16H20N6O. The van der Waals surface area contributed by atoms with E-state index in [-0.39, 0.29) is 18.8 Å². The molecule has 2 atom stereocenters. The van der Waals surface area contributed by atoms with Crippen LogP contribution in [0.15, 0.2) is 18.6 Å². The lowest BCUT2D eigenvalue weighted by atomic mass is 9.92. The number of amides is 1. The van der Waals surface area contributed by atoms with Gasteiger partial charge in [0.15, 0.2) is 0 Å². The summed E-state index contributed by atoms with van der Waals surface area (Å²) in [6, 6.07) is 1.62. The minimum absolute atomic E-state index is 0.0249. The van der Waals surface area contributed by atoms with E-state index in [1.807, 2.05) is 0 Å². The molecule has 0 bridgehead atoms. The molecule has 0 unspecified atom stereocenters. The predicted molar refractivity (Wildman–Crippen MR) is 86.7 cm³/mol. The average Bonchev–Trinajstić information content (AvgIpc) is 3.15. The van der Waals surface area contributed by atoms with E-state index in [4.69, 9.17) is 16.2 Å². The lowest BCUT2D eigenvalue weighted by Gasteiger charge is -2.42. The van der Waals surface area contributed by atoms with Crippen LogP contribution in [-0.2, 0) is 4.79 Å². The monoisotopic (exact) mass is 320 g/mol. The predicted octanol–water partition coefficient (Wildman–Crippen LogP) is 1.54. The van der Waals surface area contributed by atoms with E-state index in [2.05, 4.69) is 15.0 Å². The molecule has 0 aliphatic carbocycles. The largest absolute Gasteiger partial charge is 0.354 e. The van der Waals surface area contributed by atoms with Gasteiger partial charge in [-0.15, -0.1) is 0 Å². The minimum atomic E-state index is -2.83. The number of aromatic amines is 1. The molecule has 1 saturated heterocycles. The zero-order valence-electron chi connectivity index (χ0n) is 20.2. The van der Waals surface area contributed by atoms with Gasteiger partial charge < -0.3 is 14.8 Å². The second kappa shape index (κ2) is 6.24. The van der Waals surface area contributed by atoms with Crippen LogP contribution < -0.4 is 4.90 Å². The first-order valence-electron chi connectivity index (χ1n) is 11.1. The van der Waals surface area contributed by atoms with E-state index >= 15 is 0 Å². The van der Waals surface area contributed by atoms with Crippen molar-refractivity contribution in [2.45, 2.75) is 25.7 Å². The molecule has 1 aliphatic heterocycles. The highest BCUT2D eigenvalue weighted by molar-refractivity contribution is 5.87. The topological polar surface area (TPSA) is 88.9 Å². The van der Waals surface area contributed by atoms with Crippen molar-refractivity contribution < 1.29 is 15.8 Å². The number of fused-ring (bicyclic) bond motifs is 1. The first-order chi connectivity index (χ1) is 14.3. The van der Waals surface area contributed by atoms with E-state index < -0.39 is 44.6 Å². The van der Waals surface area contributed by atoms with Crippen LogP contribution >= 0.6 is 0 Å². The third-order valence-electron chi connectivity index (χ3n) is 3.92. The number of rotatable bonds is 3. The molecule has 1 aliphatic rings. The summed E-state index contributed by atoms with van der Waals surface area (Å²) in [6.07, 6.45) is -0.218. The summed E-state index contributed by atoms with van der Waals surface area (Å²) < 4.78 is 63.3. The molecule has 0 saturated carbocycles. The third-order valence-corrected chi connectivity index (χ3v) is 3.92. The summed E-state index contributed by atoms with van der Waals surface area (Å²) in [5.74, 6) is -2.29. The summed E-state index contributed by atoms with van der Waals surface area (Å²) in [6.45, 7) is -5.87. The maximum atomic E-state index is 12.5. The number of likely N-dealkylation sites (tertiary alicyclic amines) is 1. The smallest absolute Gasteiger partial charge is 0.236 e. The summed E-state index contributed by atoms with van der Waals surface area (Å²) in [7, 11) is 0. The van der Waals surface area contributed by atoms with E-state index in [0.29, 0.717) is 11.0 Å². The lowest BCUT2D eigenvalue weighted by Crippen LogP contribution is -2.52. The zero-order valence-corrected chi connectivity index (χ0v) is 12.2. The Morgan fingerprint density at radius 3 is 3.39 bits per heavy atom. The maximum absolute atomic E-state index is 12.5. The van der Waals surface area contributed by atoms with E-state index in [9.17, 15) is 4.79 Å². The normalized spacial score (nSPS) is 28.0. The van der Waals surface area contributed by atoms with Crippen molar-refractivity contribution in [2.24, 2.45) is 5.92 Å². The number of aromatic nitrogens is 3. The van der Waals surface area contributed by atoms with Gasteiger partial charge in [-0.25, -0.2) is 9.97 Å². The number of anilines is 1. The Bertz CT molecular complexity index is 1010. The molecule has 23 heavy (non-hydrogen) atoms. The van der Waals surface area contributed by atoms with Crippen molar-refractivity contribution in [1.29, 1.82) is 5.26 Å². The second-order valence-corrected chi connectivity index (χ2v) is 5.26. The number of carbonyl (C=O) groups is 1. The Hall–Kier alpha value is -2.62. The molecule has 1 amide bonds. The molecule has 0 spiro atoms. The quantitative estimate of drug-likeness (QED) is 0.926. The van der Waals surface area contributed by atoms with Crippen LogP contribution in [0.5, 0.6) is 0 Å². The Morgan fingerprint density at radius 1 is 1.70 bits per heavy atom. The van der Waals surface area contributed by atoms with Gasteiger partial charge in [-0.05, 0) is 18.4 Å². The van der Waals surface area contributed by atoms with Crippen molar-refractivity contribution in [3.05, 3.63) is 18.6 Å². The molecule has 7 heteroatoms. The summed E-state index contributed by atoms with van der Waals surface area (Å²) in [4.78, 5) is 25.4. The number of hydrogen-bond acceptors (Lipinski definition) is 5. The van der Waals surface area contributed by atoms with Gasteiger partial charge in [-0.3, -0.25) is 4.79 Å². The van der Waals surface area contributed by atoms with Crippen LogP contribution in [0, 0.1) is 17.2 Å². The van der Waals surface area contributed by atoms with E-state index in [0.717, 1.165) is 16.1 Å². The summed E-state index contributed by atoms with van der Waals surface area (Å²) in [5, 5.41) is 9.33. The fourth-order valence-corrected chi connectivity index (χ4v) is 2.71. The van der Waals surface area contributed by atoms with Crippen LogP contribution in [0.4, 0.5) is 5.82 Å². The number of H-pyrrole nitrogens is 1. The number of nitrogens with zero attached hydrogens (tertiary/aromatic N) is 5. The van der Waals surface area contributed by atoms with Gasteiger partial charge in [-0.1, -0.05) is 6.85 Å². The van der Waals surface area contributed by atoms with Gasteiger partial charge in [0.05, 0.1) is 20.2 Å². The lowest BCUT2D eigenvalue weighted by molar-refractivity contribution is -0.131. The fourth-order valence-electron chi connectivity index (χ4n) is 2.71. The first-order valence-corrected chi connectivity index (χ1v) is 7.05.